The van der Waals surface area contributed by atoms with Gasteiger partial charge in [0.15, 0.2) is 23.4 Å². The highest BCUT2D eigenvalue weighted by Crippen LogP contribution is 2.66. The number of hydrogen-bond acceptors (Lipinski definition) is 6. The standard InChI is InChI=1S/C20H23NO5/c22-12-4-3-11-14-16(12)26-18-13(23)5-6-20(25)17(15(11)24)21(9-10-1-2-10)8-7-19(14,18)20/h3-4,10,15,17-18,22,24-25H,1-2,5-9H2/t15-,17-,18+,19+,20-/m1/s1. The Labute approximate surface area is 151 Å². The molecule has 5 atom stereocenters. The molecule has 2 heterocycles. The van der Waals surface area contributed by atoms with Crippen LogP contribution in [0.2, 0.25) is 0 Å². The van der Waals surface area contributed by atoms with Crippen LogP contribution in [0.15, 0.2) is 12.1 Å². The number of phenolic OH excluding ortho intramolecular Hbond substituents is 1. The Balaban J connectivity index is 1.61. The number of piperidine rings is 1. The van der Waals surface area contributed by atoms with E-state index in [0.29, 0.717) is 29.9 Å². The van der Waals surface area contributed by atoms with Crippen LogP contribution in [0.4, 0.5) is 0 Å². The number of carbonyl (C=O) groups is 1. The molecule has 1 spiro atoms. The van der Waals surface area contributed by atoms with E-state index in [1.807, 2.05) is 0 Å². The molecule has 6 rings (SSSR count). The van der Waals surface area contributed by atoms with Gasteiger partial charge in [-0.3, -0.25) is 9.69 Å². The highest BCUT2D eigenvalue weighted by molar-refractivity contribution is 5.90. The predicted molar refractivity (Wildman–Crippen MR) is 91.1 cm³/mol. The highest BCUT2D eigenvalue weighted by Gasteiger charge is 2.74. The van der Waals surface area contributed by atoms with Crippen LogP contribution in [0.1, 0.15) is 49.3 Å². The summed E-state index contributed by atoms with van der Waals surface area (Å²) in [5.74, 6) is 0.905. The normalized spacial score (nSPS) is 43.2. The second-order valence-electron chi connectivity index (χ2n) is 8.82. The van der Waals surface area contributed by atoms with E-state index in [-0.39, 0.29) is 23.7 Å². The number of phenols is 1. The molecule has 1 saturated heterocycles. The molecule has 5 aliphatic rings. The van der Waals surface area contributed by atoms with E-state index < -0.39 is 29.3 Å². The van der Waals surface area contributed by atoms with Gasteiger partial charge in [-0.15, -0.1) is 0 Å². The number of ether oxygens (including phenoxy) is 1. The number of ketones is 1. The van der Waals surface area contributed by atoms with Gasteiger partial charge in [-0.25, -0.2) is 0 Å². The Hall–Kier alpha value is -1.63. The molecule has 2 saturated carbocycles. The lowest BCUT2D eigenvalue weighted by molar-refractivity contribution is -0.211. The lowest BCUT2D eigenvalue weighted by Crippen LogP contribution is -2.77. The molecular weight excluding hydrogens is 334 g/mol. The Morgan fingerprint density at radius 2 is 2.08 bits per heavy atom. The molecule has 0 aromatic heterocycles. The van der Waals surface area contributed by atoms with Crippen LogP contribution in [-0.4, -0.2) is 56.8 Å². The van der Waals surface area contributed by atoms with Crippen molar-refractivity contribution in [1.29, 1.82) is 0 Å². The number of likely N-dealkylation sites (tertiary alicyclic amines) is 1. The molecular formula is C20H23NO5. The first-order valence-corrected chi connectivity index (χ1v) is 9.67. The van der Waals surface area contributed by atoms with Crippen molar-refractivity contribution >= 4 is 5.78 Å². The number of rotatable bonds is 2. The number of aliphatic hydroxyl groups excluding tert-OH is 1. The SMILES string of the molecule is O=C1CC[C@@]2(O)[C@H]3[C@H](O)c4ccc(O)c5c4[C@@]2(CCN3CC2CC2)[C@H]1O5. The molecule has 1 aromatic carbocycles. The van der Waals surface area contributed by atoms with Crippen molar-refractivity contribution in [3.8, 4) is 11.5 Å². The predicted octanol–water partition coefficient (Wildman–Crippen LogP) is 1.02. The summed E-state index contributed by atoms with van der Waals surface area (Å²) in [5, 5.41) is 33.6. The number of carbonyl (C=O) groups excluding carboxylic acids is 1. The minimum atomic E-state index is -1.22. The van der Waals surface area contributed by atoms with E-state index in [0.717, 1.165) is 13.1 Å². The molecule has 138 valence electrons. The number of nitrogens with zero attached hydrogens (tertiary/aromatic N) is 1. The Kier molecular flexibility index (Phi) is 2.74. The third kappa shape index (κ3) is 1.54. The van der Waals surface area contributed by atoms with Gasteiger partial charge in [0.05, 0.1) is 23.2 Å². The summed E-state index contributed by atoms with van der Waals surface area (Å²) >= 11 is 0. The van der Waals surface area contributed by atoms with Gasteiger partial charge in [0.2, 0.25) is 0 Å². The summed E-state index contributed by atoms with van der Waals surface area (Å²) < 4.78 is 5.97. The van der Waals surface area contributed by atoms with Crippen LogP contribution in [0.25, 0.3) is 0 Å². The first kappa shape index (κ1) is 15.4. The topological polar surface area (TPSA) is 90.2 Å². The van der Waals surface area contributed by atoms with Gasteiger partial charge >= 0.3 is 0 Å². The molecule has 3 N–H and O–H groups in total. The second kappa shape index (κ2) is 4.61. The largest absolute Gasteiger partial charge is 0.504 e. The van der Waals surface area contributed by atoms with Crippen molar-refractivity contribution in [3.05, 3.63) is 23.3 Å². The Morgan fingerprint density at radius 3 is 2.85 bits per heavy atom. The number of aromatic hydroxyl groups is 1. The molecule has 1 aromatic rings. The van der Waals surface area contributed by atoms with Gasteiger partial charge in [-0.05, 0) is 49.8 Å². The molecule has 3 aliphatic carbocycles. The zero-order valence-electron chi connectivity index (χ0n) is 14.5. The van der Waals surface area contributed by atoms with Gasteiger partial charge in [0, 0.05) is 18.5 Å². The van der Waals surface area contributed by atoms with Crippen molar-refractivity contribution in [2.45, 2.75) is 61.4 Å². The second-order valence-corrected chi connectivity index (χ2v) is 8.82. The molecule has 6 heteroatoms. The van der Waals surface area contributed by atoms with Crippen molar-refractivity contribution in [2.24, 2.45) is 5.92 Å². The van der Waals surface area contributed by atoms with Crippen molar-refractivity contribution in [1.82, 2.24) is 4.90 Å². The summed E-state index contributed by atoms with van der Waals surface area (Å²) in [4.78, 5) is 15.0. The number of aliphatic hydroxyl groups is 2. The fourth-order valence-corrected chi connectivity index (χ4v) is 6.33. The molecule has 26 heavy (non-hydrogen) atoms. The summed E-state index contributed by atoms with van der Waals surface area (Å²) in [6.45, 7) is 1.61. The summed E-state index contributed by atoms with van der Waals surface area (Å²) in [6.07, 6.45) is 2.00. The van der Waals surface area contributed by atoms with Crippen molar-refractivity contribution in [3.63, 3.8) is 0 Å². The average Bonchev–Trinajstić information content (AvgIpc) is 3.35. The van der Waals surface area contributed by atoms with Gasteiger partial charge in [-0.2, -0.15) is 0 Å². The number of Topliss-reactive ketones (excluding diaryl/α,β-unsaturated/α-hetero) is 1. The third-order valence-corrected chi connectivity index (χ3v) is 7.60. The zero-order chi connectivity index (χ0) is 17.8. The maximum atomic E-state index is 12.7. The molecule has 0 radical (unpaired) electrons. The maximum absolute atomic E-state index is 12.7. The van der Waals surface area contributed by atoms with Gasteiger partial charge in [-0.1, -0.05) is 6.07 Å². The Bertz CT molecular complexity index is 836. The van der Waals surface area contributed by atoms with E-state index >= 15 is 0 Å². The molecule has 3 fully saturated rings. The number of hydrogen-bond donors (Lipinski definition) is 3. The lowest BCUT2D eigenvalue weighted by Gasteiger charge is -2.63. The fourth-order valence-electron chi connectivity index (χ4n) is 6.33. The minimum absolute atomic E-state index is 0.0120. The zero-order valence-corrected chi connectivity index (χ0v) is 14.5. The van der Waals surface area contributed by atoms with E-state index in [4.69, 9.17) is 4.74 Å². The first-order chi connectivity index (χ1) is 12.5. The molecule has 0 amide bonds. The van der Waals surface area contributed by atoms with E-state index in [1.54, 1.807) is 6.07 Å². The molecule has 6 nitrogen and oxygen atoms in total. The molecule has 0 unspecified atom stereocenters. The van der Waals surface area contributed by atoms with Crippen molar-refractivity contribution in [2.75, 3.05) is 13.1 Å². The lowest BCUT2D eigenvalue weighted by atomic mass is 9.48. The summed E-state index contributed by atoms with van der Waals surface area (Å²) in [7, 11) is 0. The van der Waals surface area contributed by atoms with Gasteiger partial charge in [0.1, 0.15) is 0 Å². The van der Waals surface area contributed by atoms with Crippen LogP contribution in [0.5, 0.6) is 11.5 Å². The van der Waals surface area contributed by atoms with Crippen LogP contribution < -0.4 is 4.74 Å². The summed E-state index contributed by atoms with van der Waals surface area (Å²) in [5.41, 5.74) is -0.696. The fraction of sp³-hybridized carbons (Fsp3) is 0.650. The van der Waals surface area contributed by atoms with E-state index in [1.165, 1.54) is 18.9 Å². The van der Waals surface area contributed by atoms with E-state index in [2.05, 4.69) is 4.90 Å². The van der Waals surface area contributed by atoms with E-state index in [9.17, 15) is 20.1 Å². The van der Waals surface area contributed by atoms with Crippen LogP contribution in [0.3, 0.4) is 0 Å². The highest BCUT2D eigenvalue weighted by atomic mass is 16.5. The molecule has 2 aliphatic heterocycles. The van der Waals surface area contributed by atoms with Crippen LogP contribution in [-0.2, 0) is 10.2 Å². The number of benzene rings is 1. The Morgan fingerprint density at radius 1 is 1.27 bits per heavy atom. The summed E-state index contributed by atoms with van der Waals surface area (Å²) in [6, 6.07) is 2.83. The first-order valence-electron chi connectivity index (χ1n) is 9.67. The molecule has 2 bridgehead atoms. The van der Waals surface area contributed by atoms with Crippen LogP contribution in [0, 0.1) is 5.92 Å². The average molecular weight is 357 g/mol. The smallest absolute Gasteiger partial charge is 0.174 e. The van der Waals surface area contributed by atoms with Gasteiger partial charge < -0.3 is 20.1 Å². The minimum Gasteiger partial charge on any atom is -0.504 e. The maximum Gasteiger partial charge on any atom is 0.174 e. The van der Waals surface area contributed by atoms with Crippen molar-refractivity contribution < 1.29 is 24.9 Å². The monoisotopic (exact) mass is 357 g/mol. The van der Waals surface area contributed by atoms with Gasteiger partial charge in [0.25, 0.3) is 0 Å². The van der Waals surface area contributed by atoms with Crippen LogP contribution >= 0.6 is 0 Å². The third-order valence-electron chi connectivity index (χ3n) is 7.60. The quantitative estimate of drug-likeness (QED) is 0.732.